The maximum absolute atomic E-state index is 13.3. The fraction of sp³-hybridized carbons (Fsp3) is 0.345. The van der Waals surface area contributed by atoms with Crippen LogP contribution in [0, 0.1) is 13.8 Å². The van der Waals surface area contributed by atoms with Crippen LogP contribution in [0.15, 0.2) is 60.7 Å². The summed E-state index contributed by atoms with van der Waals surface area (Å²) in [5.74, 6) is -0.0695. The number of hydrogen-bond donors (Lipinski definition) is 1. The molecule has 2 aromatic heterocycles. The van der Waals surface area contributed by atoms with Crippen LogP contribution < -0.4 is 10.2 Å². The fourth-order valence-electron chi connectivity index (χ4n) is 5.03. The number of pyridine rings is 1. The number of amides is 1. The molecule has 2 aromatic carbocycles. The molecule has 0 bridgehead atoms. The number of anilines is 1. The maximum Gasteiger partial charge on any atom is 0.252 e. The molecular weight excluding hydrogens is 448 g/mol. The van der Waals surface area contributed by atoms with E-state index >= 15 is 0 Å². The number of fused-ring (bicyclic) bond motifs is 1. The second kappa shape index (κ2) is 10.5. The van der Waals surface area contributed by atoms with Crippen molar-refractivity contribution in [2.45, 2.75) is 20.3 Å². The van der Waals surface area contributed by atoms with E-state index in [4.69, 9.17) is 4.98 Å². The molecule has 5 rings (SSSR count). The van der Waals surface area contributed by atoms with Crippen LogP contribution in [0.3, 0.4) is 0 Å². The van der Waals surface area contributed by atoms with E-state index in [1.165, 1.54) is 11.3 Å². The third kappa shape index (κ3) is 5.11. The van der Waals surface area contributed by atoms with Crippen molar-refractivity contribution in [2.24, 2.45) is 7.05 Å². The SMILES string of the molecule is Cc1cccc(N2CCN(CCCNC(=O)c3cc(-c4ccccc4)nc4c3c(C)nn4C)CC2)c1. The molecule has 1 saturated heterocycles. The minimum atomic E-state index is -0.0695. The number of benzene rings is 2. The van der Waals surface area contributed by atoms with Gasteiger partial charge in [0.1, 0.15) is 0 Å². The second-order valence-corrected chi connectivity index (χ2v) is 9.61. The summed E-state index contributed by atoms with van der Waals surface area (Å²) in [6, 6.07) is 20.6. The Morgan fingerprint density at radius 1 is 0.972 bits per heavy atom. The molecule has 3 heterocycles. The second-order valence-electron chi connectivity index (χ2n) is 9.61. The number of rotatable bonds is 7. The van der Waals surface area contributed by atoms with Crippen molar-refractivity contribution in [1.82, 2.24) is 25.0 Å². The predicted molar refractivity (Wildman–Crippen MR) is 145 cm³/mol. The van der Waals surface area contributed by atoms with Gasteiger partial charge in [0.2, 0.25) is 0 Å². The van der Waals surface area contributed by atoms with Crippen molar-refractivity contribution in [3.05, 3.63) is 77.5 Å². The quantitative estimate of drug-likeness (QED) is 0.400. The van der Waals surface area contributed by atoms with E-state index in [-0.39, 0.29) is 5.91 Å². The lowest BCUT2D eigenvalue weighted by Crippen LogP contribution is -2.47. The molecule has 4 aromatic rings. The van der Waals surface area contributed by atoms with E-state index in [1.807, 2.05) is 50.4 Å². The van der Waals surface area contributed by atoms with Crippen LogP contribution in [-0.2, 0) is 7.05 Å². The Morgan fingerprint density at radius 3 is 2.50 bits per heavy atom. The minimum Gasteiger partial charge on any atom is -0.369 e. The zero-order chi connectivity index (χ0) is 25.1. The number of nitrogens with zero attached hydrogens (tertiary/aromatic N) is 5. The van der Waals surface area contributed by atoms with Gasteiger partial charge in [-0.25, -0.2) is 4.98 Å². The van der Waals surface area contributed by atoms with Crippen LogP contribution in [0.4, 0.5) is 5.69 Å². The molecule has 186 valence electrons. The monoisotopic (exact) mass is 482 g/mol. The summed E-state index contributed by atoms with van der Waals surface area (Å²) >= 11 is 0. The molecule has 7 nitrogen and oxygen atoms in total. The summed E-state index contributed by atoms with van der Waals surface area (Å²) in [5, 5.41) is 8.49. The van der Waals surface area contributed by atoms with Crippen LogP contribution >= 0.6 is 0 Å². The number of piperazine rings is 1. The van der Waals surface area contributed by atoms with Crippen LogP contribution in [0.25, 0.3) is 22.3 Å². The molecule has 1 N–H and O–H groups in total. The largest absolute Gasteiger partial charge is 0.369 e. The van der Waals surface area contributed by atoms with Crippen molar-refractivity contribution in [3.63, 3.8) is 0 Å². The van der Waals surface area contributed by atoms with Crippen molar-refractivity contribution in [2.75, 3.05) is 44.2 Å². The minimum absolute atomic E-state index is 0.0695. The van der Waals surface area contributed by atoms with Crippen molar-refractivity contribution in [3.8, 4) is 11.3 Å². The molecule has 7 heteroatoms. The first-order valence-electron chi connectivity index (χ1n) is 12.7. The van der Waals surface area contributed by atoms with Gasteiger partial charge in [-0.15, -0.1) is 0 Å². The molecule has 0 atom stereocenters. The molecule has 1 amide bonds. The lowest BCUT2D eigenvalue weighted by atomic mass is 10.0. The topological polar surface area (TPSA) is 66.3 Å². The average Bonchev–Trinajstić information content (AvgIpc) is 3.20. The zero-order valence-corrected chi connectivity index (χ0v) is 21.4. The van der Waals surface area contributed by atoms with Crippen LogP contribution in [-0.4, -0.2) is 64.8 Å². The highest BCUT2D eigenvalue weighted by molar-refractivity contribution is 6.07. The summed E-state index contributed by atoms with van der Waals surface area (Å²) in [6.45, 7) is 9.85. The summed E-state index contributed by atoms with van der Waals surface area (Å²) in [4.78, 5) is 23.0. The molecule has 1 aliphatic rings. The summed E-state index contributed by atoms with van der Waals surface area (Å²) < 4.78 is 1.75. The van der Waals surface area contributed by atoms with Crippen molar-refractivity contribution in [1.29, 1.82) is 0 Å². The third-order valence-corrected chi connectivity index (χ3v) is 6.96. The van der Waals surface area contributed by atoms with E-state index in [1.54, 1.807) is 4.68 Å². The highest BCUT2D eigenvalue weighted by Gasteiger charge is 2.20. The Morgan fingerprint density at radius 2 is 1.75 bits per heavy atom. The predicted octanol–water partition coefficient (Wildman–Crippen LogP) is 4.19. The van der Waals surface area contributed by atoms with E-state index in [2.05, 4.69) is 51.4 Å². The Hall–Kier alpha value is -3.71. The smallest absolute Gasteiger partial charge is 0.252 e. The van der Waals surface area contributed by atoms with Crippen LogP contribution in [0.2, 0.25) is 0 Å². The molecule has 0 radical (unpaired) electrons. The van der Waals surface area contributed by atoms with Gasteiger partial charge in [-0.2, -0.15) is 5.10 Å². The molecule has 0 saturated carbocycles. The summed E-state index contributed by atoms with van der Waals surface area (Å²) in [5.41, 5.74) is 6.55. The average molecular weight is 483 g/mol. The third-order valence-electron chi connectivity index (χ3n) is 6.96. The molecule has 0 spiro atoms. The van der Waals surface area contributed by atoms with Gasteiger partial charge in [0, 0.05) is 51.0 Å². The standard InChI is InChI=1S/C29H34N6O/c1-21-9-7-12-24(19-21)35-17-15-34(16-18-35)14-8-13-30-29(36)25-20-26(23-10-5-4-6-11-23)31-28-27(25)22(2)32-33(28)3/h4-7,9-12,19-20H,8,13-18H2,1-3H3,(H,30,36). The zero-order valence-electron chi connectivity index (χ0n) is 21.4. The Bertz CT molecular complexity index is 1360. The van der Waals surface area contributed by atoms with E-state index in [0.717, 1.165) is 67.1 Å². The molecule has 0 aliphatic carbocycles. The lowest BCUT2D eigenvalue weighted by molar-refractivity contribution is 0.0953. The molecule has 1 fully saturated rings. The molecular formula is C29H34N6O. The first-order chi connectivity index (χ1) is 17.5. The van der Waals surface area contributed by atoms with E-state index in [0.29, 0.717) is 12.1 Å². The first kappa shape index (κ1) is 24.0. The number of carbonyl (C=O) groups is 1. The van der Waals surface area contributed by atoms with Gasteiger partial charge in [-0.05, 0) is 50.6 Å². The molecule has 36 heavy (non-hydrogen) atoms. The van der Waals surface area contributed by atoms with Crippen LogP contribution in [0.1, 0.15) is 28.0 Å². The highest BCUT2D eigenvalue weighted by atomic mass is 16.1. The van der Waals surface area contributed by atoms with Gasteiger partial charge < -0.3 is 10.2 Å². The van der Waals surface area contributed by atoms with Crippen LogP contribution in [0.5, 0.6) is 0 Å². The van der Waals surface area contributed by atoms with E-state index in [9.17, 15) is 4.79 Å². The number of aromatic nitrogens is 3. The lowest BCUT2D eigenvalue weighted by Gasteiger charge is -2.36. The Kier molecular flexibility index (Phi) is 7.00. The fourth-order valence-corrected chi connectivity index (χ4v) is 5.03. The number of carbonyl (C=O) groups excluding carboxylic acids is 1. The van der Waals surface area contributed by atoms with Gasteiger partial charge >= 0.3 is 0 Å². The van der Waals surface area contributed by atoms with E-state index < -0.39 is 0 Å². The Labute approximate surface area is 212 Å². The van der Waals surface area contributed by atoms with Gasteiger partial charge in [-0.3, -0.25) is 14.4 Å². The summed E-state index contributed by atoms with van der Waals surface area (Å²) in [6.07, 6.45) is 0.919. The van der Waals surface area contributed by atoms with Gasteiger partial charge in [0.15, 0.2) is 5.65 Å². The maximum atomic E-state index is 13.3. The summed E-state index contributed by atoms with van der Waals surface area (Å²) in [7, 11) is 1.87. The number of nitrogens with one attached hydrogen (secondary N) is 1. The van der Waals surface area contributed by atoms with Gasteiger partial charge in [-0.1, -0.05) is 42.5 Å². The number of aryl methyl sites for hydroxylation is 3. The van der Waals surface area contributed by atoms with Gasteiger partial charge in [0.25, 0.3) is 5.91 Å². The first-order valence-corrected chi connectivity index (χ1v) is 12.7. The highest BCUT2D eigenvalue weighted by Crippen LogP contribution is 2.26. The Balaban J connectivity index is 1.19. The van der Waals surface area contributed by atoms with Gasteiger partial charge in [0.05, 0.1) is 22.3 Å². The van der Waals surface area contributed by atoms with Crippen molar-refractivity contribution >= 4 is 22.6 Å². The molecule has 0 unspecified atom stereocenters. The molecule has 1 aliphatic heterocycles. The number of hydrogen-bond acceptors (Lipinski definition) is 5. The van der Waals surface area contributed by atoms with Crippen molar-refractivity contribution < 1.29 is 4.79 Å². The normalized spacial score (nSPS) is 14.4.